The van der Waals surface area contributed by atoms with Crippen LogP contribution in [0.2, 0.25) is 0 Å². The Morgan fingerprint density at radius 3 is 2.70 bits per heavy atom. The molecule has 1 aliphatic heterocycles. The van der Waals surface area contributed by atoms with Crippen LogP contribution in [0.25, 0.3) is 5.78 Å². The molecule has 0 saturated carbocycles. The molecule has 10 heteroatoms. The standard InChI is InChI=1S/C20H21F3N6O/c1-13-5-8-24-19-26-17(27-29(13)19)18(30)25-16-6-9-28(10-7-16)12-14-3-2-4-15(11-14)20(21,22)23/h2-5,8,11,16H,6-7,9-10,12H2,1H3,(H,25,30). The van der Waals surface area contributed by atoms with Gasteiger partial charge in [-0.1, -0.05) is 18.2 Å². The molecule has 1 amide bonds. The Bertz CT molecular complexity index is 1060. The SMILES string of the molecule is Cc1ccnc2nc(C(=O)NC3CCN(Cc4cccc(C(F)(F)F)c4)CC3)nn12. The summed E-state index contributed by atoms with van der Waals surface area (Å²) in [7, 11) is 0. The van der Waals surface area contributed by atoms with Gasteiger partial charge < -0.3 is 5.32 Å². The lowest BCUT2D eigenvalue weighted by Crippen LogP contribution is -2.44. The van der Waals surface area contributed by atoms with Crippen molar-refractivity contribution in [3.63, 3.8) is 0 Å². The number of piperidine rings is 1. The van der Waals surface area contributed by atoms with Crippen LogP contribution in [0.3, 0.4) is 0 Å². The number of carbonyl (C=O) groups excluding carboxylic acids is 1. The molecule has 2 aromatic heterocycles. The van der Waals surface area contributed by atoms with Gasteiger partial charge in [0, 0.05) is 37.6 Å². The van der Waals surface area contributed by atoms with Crippen molar-refractivity contribution in [2.24, 2.45) is 0 Å². The van der Waals surface area contributed by atoms with Gasteiger partial charge in [-0.2, -0.15) is 18.2 Å². The zero-order chi connectivity index (χ0) is 21.3. The first-order chi connectivity index (χ1) is 14.3. The van der Waals surface area contributed by atoms with E-state index in [1.807, 2.05) is 6.92 Å². The molecule has 0 bridgehead atoms. The molecule has 0 atom stereocenters. The molecule has 1 N–H and O–H groups in total. The number of fused-ring (bicyclic) bond motifs is 1. The third kappa shape index (κ3) is 4.43. The highest BCUT2D eigenvalue weighted by atomic mass is 19.4. The van der Waals surface area contributed by atoms with Crippen molar-refractivity contribution in [1.82, 2.24) is 29.8 Å². The highest BCUT2D eigenvalue weighted by molar-refractivity contribution is 5.91. The molecule has 0 radical (unpaired) electrons. The number of hydrogen-bond acceptors (Lipinski definition) is 5. The topological polar surface area (TPSA) is 75.4 Å². The van der Waals surface area contributed by atoms with E-state index in [1.165, 1.54) is 16.6 Å². The summed E-state index contributed by atoms with van der Waals surface area (Å²) in [6.07, 6.45) is -1.32. The van der Waals surface area contributed by atoms with Gasteiger partial charge in [0.05, 0.1) is 5.56 Å². The van der Waals surface area contributed by atoms with Gasteiger partial charge in [-0.15, -0.1) is 5.10 Å². The lowest BCUT2D eigenvalue weighted by atomic mass is 10.0. The first kappa shape index (κ1) is 20.3. The molecule has 1 saturated heterocycles. The number of amides is 1. The van der Waals surface area contributed by atoms with Gasteiger partial charge in [0.15, 0.2) is 0 Å². The van der Waals surface area contributed by atoms with Crippen molar-refractivity contribution >= 4 is 11.7 Å². The second-order valence-electron chi connectivity index (χ2n) is 7.46. The second-order valence-corrected chi connectivity index (χ2v) is 7.46. The van der Waals surface area contributed by atoms with Crippen molar-refractivity contribution < 1.29 is 18.0 Å². The van der Waals surface area contributed by atoms with Crippen LogP contribution < -0.4 is 5.32 Å². The number of nitrogens with zero attached hydrogens (tertiary/aromatic N) is 5. The summed E-state index contributed by atoms with van der Waals surface area (Å²) in [4.78, 5) is 22.9. The third-order valence-corrected chi connectivity index (χ3v) is 5.22. The van der Waals surface area contributed by atoms with Gasteiger partial charge in [-0.05, 0) is 37.5 Å². The molecule has 30 heavy (non-hydrogen) atoms. The van der Waals surface area contributed by atoms with Gasteiger partial charge in [0.1, 0.15) is 0 Å². The Hall–Kier alpha value is -3.01. The number of alkyl halides is 3. The Balaban J connectivity index is 1.32. The zero-order valence-electron chi connectivity index (χ0n) is 16.4. The minimum atomic E-state index is -4.34. The maximum Gasteiger partial charge on any atom is 0.416 e. The molecule has 1 aliphatic rings. The summed E-state index contributed by atoms with van der Waals surface area (Å²) < 4.78 is 40.2. The average molecular weight is 418 g/mol. The minimum Gasteiger partial charge on any atom is -0.346 e. The fourth-order valence-corrected chi connectivity index (χ4v) is 3.59. The second kappa shape index (κ2) is 8.02. The number of likely N-dealkylation sites (tertiary alicyclic amines) is 1. The van der Waals surface area contributed by atoms with Crippen molar-refractivity contribution in [3.05, 3.63) is 59.2 Å². The Labute approximate surface area is 170 Å². The summed E-state index contributed by atoms with van der Waals surface area (Å²) in [5.41, 5.74) is 0.824. The Morgan fingerprint density at radius 2 is 2.00 bits per heavy atom. The van der Waals surface area contributed by atoms with Crippen LogP contribution in [0, 0.1) is 6.92 Å². The van der Waals surface area contributed by atoms with E-state index < -0.39 is 11.7 Å². The van der Waals surface area contributed by atoms with Gasteiger partial charge in [-0.3, -0.25) is 9.69 Å². The van der Waals surface area contributed by atoms with Crippen LogP contribution in [0.5, 0.6) is 0 Å². The van der Waals surface area contributed by atoms with Crippen LogP contribution in [0.1, 0.15) is 40.3 Å². The molecule has 0 aliphatic carbocycles. The van der Waals surface area contributed by atoms with E-state index in [4.69, 9.17) is 0 Å². The lowest BCUT2D eigenvalue weighted by Gasteiger charge is -2.32. The fourth-order valence-electron chi connectivity index (χ4n) is 3.59. The maximum atomic E-state index is 12.9. The Morgan fingerprint density at radius 1 is 1.23 bits per heavy atom. The van der Waals surface area contributed by atoms with Gasteiger partial charge in [0.25, 0.3) is 11.7 Å². The molecular weight excluding hydrogens is 397 g/mol. The molecule has 0 spiro atoms. The first-order valence-electron chi connectivity index (χ1n) is 9.67. The average Bonchev–Trinajstić information content (AvgIpc) is 3.15. The van der Waals surface area contributed by atoms with Crippen LogP contribution >= 0.6 is 0 Å². The summed E-state index contributed by atoms with van der Waals surface area (Å²) in [6.45, 7) is 3.66. The lowest BCUT2D eigenvalue weighted by molar-refractivity contribution is -0.137. The molecule has 1 aromatic carbocycles. The van der Waals surface area contributed by atoms with E-state index in [0.717, 1.165) is 11.8 Å². The van der Waals surface area contributed by atoms with E-state index in [0.29, 0.717) is 43.8 Å². The number of aryl methyl sites for hydroxylation is 1. The van der Waals surface area contributed by atoms with E-state index >= 15 is 0 Å². The largest absolute Gasteiger partial charge is 0.416 e. The highest BCUT2D eigenvalue weighted by Crippen LogP contribution is 2.30. The number of benzene rings is 1. The highest BCUT2D eigenvalue weighted by Gasteiger charge is 2.30. The van der Waals surface area contributed by atoms with E-state index in [1.54, 1.807) is 18.3 Å². The van der Waals surface area contributed by atoms with Crippen LogP contribution in [0.15, 0.2) is 36.5 Å². The molecule has 158 valence electrons. The minimum absolute atomic E-state index is 0.0315. The molecular formula is C20H21F3N6O. The molecule has 3 heterocycles. The summed E-state index contributed by atoms with van der Waals surface area (Å²) in [5, 5.41) is 7.15. The zero-order valence-corrected chi connectivity index (χ0v) is 16.4. The molecule has 4 rings (SSSR count). The molecule has 0 unspecified atom stereocenters. The smallest absolute Gasteiger partial charge is 0.346 e. The van der Waals surface area contributed by atoms with Gasteiger partial charge >= 0.3 is 6.18 Å². The monoisotopic (exact) mass is 418 g/mol. The number of nitrogens with one attached hydrogen (secondary N) is 1. The fraction of sp³-hybridized carbons (Fsp3) is 0.400. The van der Waals surface area contributed by atoms with E-state index in [-0.39, 0.29) is 17.8 Å². The number of halogens is 3. The number of rotatable bonds is 4. The van der Waals surface area contributed by atoms with Crippen molar-refractivity contribution in [1.29, 1.82) is 0 Å². The molecule has 1 fully saturated rings. The molecule has 7 nitrogen and oxygen atoms in total. The number of hydrogen-bond donors (Lipinski definition) is 1. The summed E-state index contributed by atoms with van der Waals surface area (Å²) in [6, 6.07) is 7.16. The summed E-state index contributed by atoms with van der Waals surface area (Å²) >= 11 is 0. The maximum absolute atomic E-state index is 12.9. The predicted octanol–water partition coefficient (Wildman–Crippen LogP) is 2.85. The predicted molar refractivity (Wildman–Crippen MR) is 103 cm³/mol. The number of aromatic nitrogens is 4. The van der Waals surface area contributed by atoms with Crippen molar-refractivity contribution in [2.45, 2.75) is 38.5 Å². The van der Waals surface area contributed by atoms with Crippen LogP contribution in [-0.2, 0) is 12.7 Å². The van der Waals surface area contributed by atoms with Gasteiger partial charge in [0.2, 0.25) is 5.82 Å². The van der Waals surface area contributed by atoms with Crippen LogP contribution in [0.4, 0.5) is 13.2 Å². The van der Waals surface area contributed by atoms with E-state index in [2.05, 4.69) is 25.3 Å². The summed E-state index contributed by atoms with van der Waals surface area (Å²) in [5.74, 6) is 0.0930. The normalized spacial score (nSPS) is 16.1. The van der Waals surface area contributed by atoms with Crippen molar-refractivity contribution in [2.75, 3.05) is 13.1 Å². The Kier molecular flexibility index (Phi) is 5.42. The third-order valence-electron chi connectivity index (χ3n) is 5.22. The quantitative estimate of drug-likeness (QED) is 0.705. The first-order valence-corrected chi connectivity index (χ1v) is 9.67. The number of carbonyl (C=O) groups is 1. The van der Waals surface area contributed by atoms with Crippen molar-refractivity contribution in [3.8, 4) is 0 Å². The van der Waals surface area contributed by atoms with Crippen LogP contribution in [-0.4, -0.2) is 49.5 Å². The molecule has 3 aromatic rings. The van der Waals surface area contributed by atoms with Gasteiger partial charge in [-0.25, -0.2) is 9.50 Å². The van der Waals surface area contributed by atoms with E-state index in [9.17, 15) is 18.0 Å².